The lowest BCUT2D eigenvalue weighted by Crippen LogP contribution is -2.41. The molecular formula is C18H20N2O4. The number of benzene rings is 1. The minimum Gasteiger partial charge on any atom is -0.491 e. The van der Waals surface area contributed by atoms with E-state index in [2.05, 4.69) is 5.32 Å². The van der Waals surface area contributed by atoms with Crippen molar-refractivity contribution in [3.05, 3.63) is 47.9 Å². The summed E-state index contributed by atoms with van der Waals surface area (Å²) in [5.74, 6) is 1.72. The first kappa shape index (κ1) is 16.1. The second-order valence-corrected chi connectivity index (χ2v) is 5.78. The second-order valence-electron chi connectivity index (χ2n) is 5.78. The Hall–Kier alpha value is -2.76. The minimum absolute atomic E-state index is 0.0523. The third-order valence-corrected chi connectivity index (χ3v) is 3.90. The average molecular weight is 328 g/mol. The normalized spacial score (nSPS) is 15.2. The monoisotopic (exact) mass is 328 g/mol. The van der Waals surface area contributed by atoms with Crippen molar-refractivity contribution in [2.24, 2.45) is 0 Å². The molecule has 1 atom stereocenters. The smallest absolute Gasteiger partial charge is 0.240 e. The van der Waals surface area contributed by atoms with E-state index in [-0.39, 0.29) is 30.8 Å². The summed E-state index contributed by atoms with van der Waals surface area (Å²) in [5.41, 5.74) is 0.622. The molecule has 2 aromatic rings. The van der Waals surface area contributed by atoms with Gasteiger partial charge in [0.25, 0.3) is 0 Å². The zero-order valence-corrected chi connectivity index (χ0v) is 13.7. The highest BCUT2D eigenvalue weighted by molar-refractivity contribution is 6.00. The minimum atomic E-state index is -0.264. The van der Waals surface area contributed by atoms with Crippen molar-refractivity contribution in [2.75, 3.05) is 18.1 Å². The van der Waals surface area contributed by atoms with Gasteiger partial charge in [-0.05, 0) is 38.1 Å². The van der Waals surface area contributed by atoms with Crippen molar-refractivity contribution in [3.63, 3.8) is 0 Å². The molecule has 0 saturated heterocycles. The van der Waals surface area contributed by atoms with Gasteiger partial charge < -0.3 is 14.5 Å². The highest BCUT2D eigenvalue weighted by Gasteiger charge is 2.25. The lowest BCUT2D eigenvalue weighted by molar-refractivity contribution is -0.124. The fraction of sp³-hybridized carbons (Fsp3) is 0.333. The quantitative estimate of drug-likeness (QED) is 0.936. The number of nitrogens with zero attached hydrogens (tertiary/aromatic N) is 1. The van der Waals surface area contributed by atoms with Gasteiger partial charge in [-0.3, -0.25) is 14.5 Å². The van der Waals surface area contributed by atoms with E-state index in [4.69, 9.17) is 9.15 Å². The largest absolute Gasteiger partial charge is 0.491 e. The molecule has 0 spiro atoms. The summed E-state index contributed by atoms with van der Waals surface area (Å²) in [5, 5.41) is 2.86. The van der Waals surface area contributed by atoms with E-state index < -0.39 is 0 Å². The first-order chi connectivity index (χ1) is 11.5. The molecule has 126 valence electrons. The third kappa shape index (κ3) is 3.42. The lowest BCUT2D eigenvalue weighted by atomic mass is 10.2. The van der Waals surface area contributed by atoms with Gasteiger partial charge in [-0.2, -0.15) is 0 Å². The van der Waals surface area contributed by atoms with Gasteiger partial charge in [-0.15, -0.1) is 0 Å². The van der Waals surface area contributed by atoms with Crippen LogP contribution in [0.5, 0.6) is 5.75 Å². The summed E-state index contributed by atoms with van der Waals surface area (Å²) in [7, 11) is 0. The molecule has 0 fully saturated rings. The molecule has 0 saturated carbocycles. The number of hydrogen-bond donors (Lipinski definition) is 1. The topological polar surface area (TPSA) is 71.8 Å². The molecule has 24 heavy (non-hydrogen) atoms. The van der Waals surface area contributed by atoms with E-state index in [0.29, 0.717) is 23.8 Å². The molecule has 1 aromatic carbocycles. The number of hydrogen-bond acceptors (Lipinski definition) is 4. The number of rotatable bonds is 4. The average Bonchev–Trinajstić information content (AvgIpc) is 2.93. The van der Waals surface area contributed by atoms with Crippen LogP contribution in [0.15, 0.2) is 40.8 Å². The fourth-order valence-corrected chi connectivity index (χ4v) is 2.68. The molecule has 0 unspecified atom stereocenters. The standard InChI is InChI=1S/C18H20N2O4/c1-12-7-8-15(24-12)13(2)19-17(21)11-20-14-5-3-4-6-16(14)23-10-9-18(20)22/h3-8,13H,9-11H2,1-2H3,(H,19,21)/t13-/m1/s1. The SMILES string of the molecule is Cc1ccc([C@@H](C)NC(=O)CN2C(=O)CCOc3ccccc32)o1. The molecule has 1 N–H and O–H groups in total. The van der Waals surface area contributed by atoms with E-state index in [0.717, 1.165) is 5.76 Å². The van der Waals surface area contributed by atoms with Crippen molar-refractivity contribution in [3.8, 4) is 5.75 Å². The number of para-hydroxylation sites is 2. The van der Waals surface area contributed by atoms with Gasteiger partial charge in [-0.25, -0.2) is 0 Å². The maximum Gasteiger partial charge on any atom is 0.240 e. The molecular weight excluding hydrogens is 308 g/mol. The highest BCUT2D eigenvalue weighted by atomic mass is 16.5. The Balaban J connectivity index is 1.72. The van der Waals surface area contributed by atoms with Crippen LogP contribution in [0.25, 0.3) is 0 Å². The molecule has 0 aliphatic carbocycles. The van der Waals surface area contributed by atoms with Crippen LogP contribution in [0.2, 0.25) is 0 Å². The summed E-state index contributed by atoms with van der Waals surface area (Å²) in [6.45, 7) is 3.96. The first-order valence-corrected chi connectivity index (χ1v) is 7.92. The van der Waals surface area contributed by atoms with Gasteiger partial charge in [0.2, 0.25) is 11.8 Å². The maximum atomic E-state index is 12.4. The number of carbonyl (C=O) groups excluding carboxylic acids is 2. The van der Waals surface area contributed by atoms with Crippen LogP contribution in [0, 0.1) is 6.92 Å². The molecule has 0 radical (unpaired) electrons. The summed E-state index contributed by atoms with van der Waals surface area (Å²) in [4.78, 5) is 26.2. The molecule has 0 bridgehead atoms. The lowest BCUT2D eigenvalue weighted by Gasteiger charge is -2.22. The maximum absolute atomic E-state index is 12.4. The van der Waals surface area contributed by atoms with Crippen LogP contribution >= 0.6 is 0 Å². The molecule has 1 aliphatic rings. The van der Waals surface area contributed by atoms with E-state index in [1.165, 1.54) is 4.90 Å². The molecule has 3 rings (SSSR count). The molecule has 6 nitrogen and oxygen atoms in total. The van der Waals surface area contributed by atoms with Gasteiger partial charge in [-0.1, -0.05) is 12.1 Å². The molecule has 2 amide bonds. The number of amides is 2. The van der Waals surface area contributed by atoms with Crippen molar-refractivity contribution >= 4 is 17.5 Å². The van der Waals surface area contributed by atoms with E-state index in [9.17, 15) is 9.59 Å². The number of aryl methyl sites for hydroxylation is 1. The number of nitrogens with one attached hydrogen (secondary N) is 1. The predicted molar refractivity (Wildman–Crippen MR) is 88.9 cm³/mol. The number of fused-ring (bicyclic) bond motifs is 1. The predicted octanol–water partition coefficient (Wildman–Crippen LogP) is 2.58. The fourth-order valence-electron chi connectivity index (χ4n) is 2.68. The molecule has 1 aromatic heterocycles. The van der Waals surface area contributed by atoms with Crippen LogP contribution in [-0.4, -0.2) is 25.0 Å². The highest BCUT2D eigenvalue weighted by Crippen LogP contribution is 2.30. The van der Waals surface area contributed by atoms with Gasteiger partial charge in [0.15, 0.2) is 0 Å². The first-order valence-electron chi connectivity index (χ1n) is 7.92. The summed E-state index contributed by atoms with van der Waals surface area (Å²) < 4.78 is 11.1. The summed E-state index contributed by atoms with van der Waals surface area (Å²) in [6.07, 6.45) is 0.245. The molecule has 6 heteroatoms. The van der Waals surface area contributed by atoms with Crippen molar-refractivity contribution in [1.82, 2.24) is 5.32 Å². The van der Waals surface area contributed by atoms with Gasteiger partial charge in [0, 0.05) is 0 Å². The number of anilines is 1. The van der Waals surface area contributed by atoms with Crippen molar-refractivity contribution in [1.29, 1.82) is 0 Å². The van der Waals surface area contributed by atoms with Gasteiger partial charge in [0.1, 0.15) is 23.8 Å². The molecule has 1 aliphatic heterocycles. The van der Waals surface area contributed by atoms with Crippen LogP contribution in [-0.2, 0) is 9.59 Å². The van der Waals surface area contributed by atoms with E-state index in [1.54, 1.807) is 12.1 Å². The Kier molecular flexibility index (Phi) is 4.55. The zero-order valence-electron chi connectivity index (χ0n) is 13.7. The number of carbonyl (C=O) groups is 2. The van der Waals surface area contributed by atoms with Crippen LogP contribution < -0.4 is 15.0 Å². The third-order valence-electron chi connectivity index (χ3n) is 3.90. The Labute approximate surface area is 140 Å². The number of furan rings is 1. The van der Waals surface area contributed by atoms with Crippen LogP contribution in [0.1, 0.15) is 30.9 Å². The summed E-state index contributed by atoms with van der Waals surface area (Å²) >= 11 is 0. The van der Waals surface area contributed by atoms with Crippen molar-refractivity contribution < 1.29 is 18.7 Å². The van der Waals surface area contributed by atoms with E-state index >= 15 is 0 Å². The van der Waals surface area contributed by atoms with E-state index in [1.807, 2.05) is 38.1 Å². The Morgan fingerprint density at radius 2 is 2.08 bits per heavy atom. The Morgan fingerprint density at radius 3 is 2.83 bits per heavy atom. The Bertz CT molecular complexity index is 753. The second kappa shape index (κ2) is 6.78. The molecule has 2 heterocycles. The zero-order chi connectivity index (χ0) is 17.1. The van der Waals surface area contributed by atoms with Crippen molar-refractivity contribution in [2.45, 2.75) is 26.3 Å². The van der Waals surface area contributed by atoms with Crippen LogP contribution in [0.3, 0.4) is 0 Å². The summed E-state index contributed by atoms with van der Waals surface area (Å²) in [6, 6.07) is 10.7. The Morgan fingerprint density at radius 1 is 1.29 bits per heavy atom. The van der Waals surface area contributed by atoms with Crippen LogP contribution in [0.4, 0.5) is 5.69 Å². The van der Waals surface area contributed by atoms with Gasteiger partial charge >= 0.3 is 0 Å². The number of ether oxygens (including phenoxy) is 1. The van der Waals surface area contributed by atoms with Gasteiger partial charge in [0.05, 0.1) is 24.8 Å².